The van der Waals surface area contributed by atoms with Gasteiger partial charge in [-0.1, -0.05) is 59.7 Å². The van der Waals surface area contributed by atoms with Crippen LogP contribution < -0.4 is 19.3 Å². The van der Waals surface area contributed by atoms with Gasteiger partial charge in [0.1, 0.15) is 11.5 Å². The van der Waals surface area contributed by atoms with Gasteiger partial charge in [-0.2, -0.15) is 0 Å². The number of benzene rings is 4. The quantitative estimate of drug-likeness (QED) is 0.256. The van der Waals surface area contributed by atoms with E-state index >= 15 is 0 Å². The van der Waals surface area contributed by atoms with Crippen molar-refractivity contribution in [2.75, 3.05) is 23.3 Å². The molecule has 4 nitrogen and oxygen atoms in total. The summed E-state index contributed by atoms with van der Waals surface area (Å²) >= 11 is 0. The second-order valence-electron chi connectivity index (χ2n) is 12.4. The Morgan fingerprint density at radius 1 is 0.561 bits per heavy atom. The average Bonchev–Trinajstić information content (AvgIpc) is 3.01. The van der Waals surface area contributed by atoms with Crippen LogP contribution in [0.4, 0.5) is 11.4 Å². The maximum atomic E-state index is 6.27. The first-order valence-electron chi connectivity index (χ1n) is 15.2. The van der Waals surface area contributed by atoms with E-state index < -0.39 is 0 Å². The fraction of sp³-hybridized carbons (Fsp3) is 0.351. The van der Waals surface area contributed by atoms with Gasteiger partial charge < -0.3 is 19.3 Å². The molecular formula is C37H40N2O2. The van der Waals surface area contributed by atoms with E-state index in [-0.39, 0.29) is 0 Å². The van der Waals surface area contributed by atoms with Gasteiger partial charge in [-0.3, -0.25) is 0 Å². The van der Waals surface area contributed by atoms with Crippen LogP contribution in [-0.4, -0.2) is 13.5 Å². The minimum Gasteiger partial charge on any atom is -0.473 e. The fourth-order valence-corrected chi connectivity index (χ4v) is 6.95. The highest BCUT2D eigenvalue weighted by Gasteiger charge is 2.28. The van der Waals surface area contributed by atoms with Crippen molar-refractivity contribution in [2.45, 2.75) is 71.4 Å². The molecule has 0 atom stereocenters. The number of nitrogens with zero attached hydrogens (tertiary/aromatic N) is 2. The zero-order chi connectivity index (χ0) is 27.9. The van der Waals surface area contributed by atoms with Gasteiger partial charge in [0.2, 0.25) is 0 Å². The van der Waals surface area contributed by atoms with Gasteiger partial charge in [-0.25, -0.2) is 0 Å². The van der Waals surface area contributed by atoms with Crippen LogP contribution in [0.5, 0.6) is 11.5 Å². The predicted molar refractivity (Wildman–Crippen MR) is 167 cm³/mol. The van der Waals surface area contributed by atoms with Crippen molar-refractivity contribution in [1.29, 1.82) is 0 Å². The van der Waals surface area contributed by atoms with Crippen molar-refractivity contribution in [2.24, 2.45) is 0 Å². The highest BCUT2D eigenvalue weighted by Crippen LogP contribution is 2.44. The van der Waals surface area contributed by atoms with Crippen LogP contribution in [0.2, 0.25) is 0 Å². The average molecular weight is 545 g/mol. The van der Waals surface area contributed by atoms with E-state index in [0.717, 1.165) is 24.6 Å². The second-order valence-corrected chi connectivity index (χ2v) is 12.4. The molecule has 4 aromatic carbocycles. The number of hydrogen-bond acceptors (Lipinski definition) is 4. The van der Waals surface area contributed by atoms with Crippen LogP contribution in [0.3, 0.4) is 0 Å². The van der Waals surface area contributed by atoms with Gasteiger partial charge in [0, 0.05) is 35.6 Å². The first-order valence-corrected chi connectivity index (χ1v) is 15.2. The number of anilines is 2. The van der Waals surface area contributed by atoms with E-state index in [4.69, 9.17) is 9.47 Å². The molecular weight excluding hydrogens is 504 g/mol. The van der Waals surface area contributed by atoms with E-state index in [9.17, 15) is 0 Å². The summed E-state index contributed by atoms with van der Waals surface area (Å²) in [7, 11) is 0. The Balaban J connectivity index is 1.03. The van der Waals surface area contributed by atoms with Crippen LogP contribution in [-0.2, 0) is 13.1 Å². The number of aryl methyl sites for hydroxylation is 3. The Labute approximate surface area is 244 Å². The molecule has 0 radical (unpaired) electrons. The zero-order valence-electron chi connectivity index (χ0n) is 24.5. The molecule has 0 amide bonds. The Kier molecular flexibility index (Phi) is 6.86. The third-order valence-electron chi connectivity index (χ3n) is 9.39. The summed E-state index contributed by atoms with van der Waals surface area (Å²) in [6.07, 6.45) is 4.92. The molecule has 41 heavy (non-hydrogen) atoms. The molecule has 1 aliphatic carbocycles. The minimum atomic E-state index is 0.606. The van der Waals surface area contributed by atoms with Gasteiger partial charge in [-0.15, -0.1) is 0 Å². The van der Waals surface area contributed by atoms with Crippen LogP contribution in [0.15, 0.2) is 78.9 Å². The Morgan fingerprint density at radius 2 is 1.10 bits per heavy atom. The van der Waals surface area contributed by atoms with E-state index in [2.05, 4.69) is 109 Å². The van der Waals surface area contributed by atoms with Gasteiger partial charge in [0.15, 0.2) is 13.5 Å². The molecule has 1 saturated carbocycles. The molecule has 4 heteroatoms. The van der Waals surface area contributed by atoms with Gasteiger partial charge in [0.05, 0.1) is 0 Å². The summed E-state index contributed by atoms with van der Waals surface area (Å²) < 4.78 is 12.4. The molecule has 2 heterocycles. The lowest BCUT2D eigenvalue weighted by molar-refractivity contribution is 0.286. The molecule has 0 saturated heterocycles. The smallest absolute Gasteiger partial charge is 0.161 e. The summed E-state index contributed by atoms with van der Waals surface area (Å²) in [5.41, 5.74) is 11.9. The number of hydrogen-bond donors (Lipinski definition) is 0. The molecule has 0 aromatic heterocycles. The van der Waals surface area contributed by atoms with Crippen molar-refractivity contribution in [3.8, 4) is 11.5 Å². The van der Waals surface area contributed by atoms with E-state index in [1.807, 2.05) is 0 Å². The van der Waals surface area contributed by atoms with Gasteiger partial charge >= 0.3 is 0 Å². The lowest BCUT2D eigenvalue weighted by Crippen LogP contribution is -2.32. The molecule has 0 spiro atoms. The van der Waals surface area contributed by atoms with E-state index in [1.165, 1.54) is 76.0 Å². The maximum absolute atomic E-state index is 6.27. The molecule has 0 bridgehead atoms. The standard InChI is InChI=1S/C37H40N2O2/c1-25-4-13-34(14-5-25)38-21-32-19-30(12-17-36(32)40-23-38)28-8-10-29(11-9-28)31-18-27(3)37-33(20-31)22-39(24-41-37)35-15-6-26(2)7-16-35/h4-7,12-20,28-29H,8-11,21-24H2,1-3H3. The Hall–Kier alpha value is -3.92. The molecule has 7 rings (SSSR count). The van der Waals surface area contributed by atoms with Crippen molar-refractivity contribution < 1.29 is 9.47 Å². The number of fused-ring (bicyclic) bond motifs is 2. The SMILES string of the molecule is Cc1ccc(N2COc3ccc(C4CCC(c5cc(C)c6c(c5)CN(c5ccc(C)cc5)CO6)CC4)cc3C2)cc1. The number of ether oxygens (including phenoxy) is 2. The molecule has 1 fully saturated rings. The van der Waals surface area contributed by atoms with Crippen molar-refractivity contribution >= 4 is 11.4 Å². The topological polar surface area (TPSA) is 24.9 Å². The van der Waals surface area contributed by atoms with E-state index in [0.29, 0.717) is 25.3 Å². The van der Waals surface area contributed by atoms with Crippen molar-refractivity contribution in [1.82, 2.24) is 0 Å². The largest absolute Gasteiger partial charge is 0.473 e. The van der Waals surface area contributed by atoms with Crippen molar-refractivity contribution in [3.05, 3.63) is 118 Å². The predicted octanol–water partition coefficient (Wildman–Crippen LogP) is 8.77. The van der Waals surface area contributed by atoms with Crippen molar-refractivity contribution in [3.63, 3.8) is 0 Å². The zero-order valence-corrected chi connectivity index (χ0v) is 24.5. The summed E-state index contributed by atoms with van der Waals surface area (Å²) in [5, 5.41) is 0. The lowest BCUT2D eigenvalue weighted by atomic mass is 9.75. The minimum absolute atomic E-state index is 0.606. The Bertz CT molecular complexity index is 1530. The summed E-state index contributed by atoms with van der Waals surface area (Å²) in [5.74, 6) is 3.35. The van der Waals surface area contributed by atoms with Gasteiger partial charge in [0.25, 0.3) is 0 Å². The first kappa shape index (κ1) is 26.0. The molecule has 3 aliphatic rings. The highest BCUT2D eigenvalue weighted by molar-refractivity contribution is 5.54. The Morgan fingerprint density at radius 3 is 1.73 bits per heavy atom. The van der Waals surface area contributed by atoms with Gasteiger partial charge in [-0.05, 0) is 105 Å². The monoisotopic (exact) mass is 544 g/mol. The highest BCUT2D eigenvalue weighted by atomic mass is 16.5. The lowest BCUT2D eigenvalue weighted by Gasteiger charge is -2.34. The summed E-state index contributed by atoms with van der Waals surface area (Å²) in [6.45, 7) is 9.50. The second kappa shape index (κ2) is 10.8. The maximum Gasteiger partial charge on any atom is 0.161 e. The third kappa shape index (κ3) is 5.28. The molecule has 210 valence electrons. The van der Waals surface area contributed by atoms with E-state index in [1.54, 1.807) is 0 Å². The summed E-state index contributed by atoms with van der Waals surface area (Å²) in [6, 6.07) is 29.3. The summed E-state index contributed by atoms with van der Waals surface area (Å²) in [4.78, 5) is 4.66. The molecule has 2 aliphatic heterocycles. The molecule has 0 N–H and O–H groups in total. The van der Waals surface area contributed by atoms with Crippen LogP contribution in [0, 0.1) is 20.8 Å². The van der Waals surface area contributed by atoms with Crippen LogP contribution in [0.1, 0.15) is 76.5 Å². The fourth-order valence-electron chi connectivity index (χ4n) is 6.95. The third-order valence-corrected chi connectivity index (χ3v) is 9.39. The number of rotatable bonds is 4. The first-order chi connectivity index (χ1) is 20.0. The van der Waals surface area contributed by atoms with Crippen LogP contribution >= 0.6 is 0 Å². The molecule has 0 unspecified atom stereocenters. The van der Waals surface area contributed by atoms with Crippen LogP contribution in [0.25, 0.3) is 0 Å². The normalized spacial score (nSPS) is 20.1. The molecule has 4 aromatic rings.